The highest BCUT2D eigenvalue weighted by Gasteiger charge is 2.05. The highest BCUT2D eigenvalue weighted by Crippen LogP contribution is 2.28. The lowest BCUT2D eigenvalue weighted by atomic mass is 10.1. The van der Waals surface area contributed by atoms with Crippen molar-refractivity contribution in [2.24, 2.45) is 0 Å². The summed E-state index contributed by atoms with van der Waals surface area (Å²) < 4.78 is 6.96. The first-order valence-corrected chi connectivity index (χ1v) is 7.66. The fraction of sp³-hybridized carbons (Fsp3) is 0.294. The van der Waals surface area contributed by atoms with Gasteiger partial charge in [-0.1, -0.05) is 41.1 Å². The molecule has 2 aromatic rings. The maximum Gasteiger partial charge on any atom is 0.131 e. The van der Waals surface area contributed by atoms with Crippen molar-refractivity contribution in [1.82, 2.24) is 5.32 Å². The Morgan fingerprint density at radius 3 is 2.50 bits per heavy atom. The van der Waals surface area contributed by atoms with Gasteiger partial charge < -0.3 is 10.1 Å². The number of benzene rings is 2. The van der Waals surface area contributed by atoms with Crippen molar-refractivity contribution in [2.45, 2.75) is 26.8 Å². The lowest BCUT2D eigenvalue weighted by molar-refractivity contribution is 0.478. The molecule has 1 atom stereocenters. The predicted octanol–water partition coefficient (Wildman–Crippen LogP) is 5.22. The topological polar surface area (TPSA) is 21.3 Å². The van der Waals surface area contributed by atoms with Gasteiger partial charge in [-0.25, -0.2) is 0 Å². The summed E-state index contributed by atoms with van der Waals surface area (Å²) in [5.74, 6) is 1.74. The lowest BCUT2D eigenvalue weighted by Crippen LogP contribution is -2.17. The minimum absolute atomic E-state index is 0.363. The van der Waals surface area contributed by atoms with Crippen LogP contribution in [-0.2, 0) is 0 Å². The average Bonchev–Trinajstić information content (AvgIpc) is 2.44. The Bertz CT molecular complexity index is 566. The molecule has 0 fully saturated rings. The van der Waals surface area contributed by atoms with Crippen molar-refractivity contribution in [3.8, 4) is 11.5 Å². The Morgan fingerprint density at radius 2 is 1.85 bits per heavy atom. The summed E-state index contributed by atoms with van der Waals surface area (Å²) in [6.07, 6.45) is 0. The maximum absolute atomic E-state index is 5.93. The summed E-state index contributed by atoms with van der Waals surface area (Å²) in [4.78, 5) is 0. The zero-order valence-electron chi connectivity index (χ0n) is 12.1. The van der Waals surface area contributed by atoms with E-state index >= 15 is 0 Å². The molecule has 3 heteroatoms. The van der Waals surface area contributed by atoms with Crippen LogP contribution in [0, 0.1) is 6.92 Å². The molecule has 0 aliphatic rings. The summed E-state index contributed by atoms with van der Waals surface area (Å²) in [6, 6.07) is 14.7. The van der Waals surface area contributed by atoms with E-state index in [4.69, 9.17) is 4.74 Å². The molecule has 20 heavy (non-hydrogen) atoms. The van der Waals surface area contributed by atoms with E-state index in [1.807, 2.05) is 37.3 Å². The second-order valence-corrected chi connectivity index (χ2v) is 5.78. The van der Waals surface area contributed by atoms with Crippen molar-refractivity contribution in [1.29, 1.82) is 0 Å². The zero-order chi connectivity index (χ0) is 14.5. The average molecular weight is 334 g/mol. The smallest absolute Gasteiger partial charge is 0.131 e. The summed E-state index contributed by atoms with van der Waals surface area (Å²) in [5.41, 5.74) is 2.39. The summed E-state index contributed by atoms with van der Waals surface area (Å²) >= 11 is 3.47. The number of ether oxygens (including phenoxy) is 1. The third-order valence-electron chi connectivity index (χ3n) is 3.27. The Kier molecular flexibility index (Phi) is 5.21. The zero-order valence-corrected chi connectivity index (χ0v) is 13.7. The molecule has 0 heterocycles. The SMILES string of the molecule is CCNC(C)c1ccc(Oc2cc(Br)ccc2C)cc1. The molecule has 2 nitrogen and oxygen atoms in total. The highest BCUT2D eigenvalue weighted by atomic mass is 79.9. The second-order valence-electron chi connectivity index (χ2n) is 4.86. The molecule has 0 amide bonds. The number of aryl methyl sites for hydroxylation is 1. The molecule has 2 rings (SSSR count). The van der Waals surface area contributed by atoms with E-state index in [9.17, 15) is 0 Å². The van der Waals surface area contributed by atoms with Crippen molar-refractivity contribution < 1.29 is 4.74 Å². The number of halogens is 1. The molecule has 0 aromatic heterocycles. The Balaban J connectivity index is 2.12. The minimum atomic E-state index is 0.363. The number of hydrogen-bond acceptors (Lipinski definition) is 2. The van der Waals surface area contributed by atoms with Crippen LogP contribution in [0.3, 0.4) is 0 Å². The van der Waals surface area contributed by atoms with Gasteiger partial charge in [0, 0.05) is 10.5 Å². The molecular weight excluding hydrogens is 314 g/mol. The number of hydrogen-bond donors (Lipinski definition) is 1. The fourth-order valence-electron chi connectivity index (χ4n) is 2.06. The van der Waals surface area contributed by atoms with Gasteiger partial charge in [-0.15, -0.1) is 0 Å². The molecule has 2 aromatic carbocycles. The predicted molar refractivity (Wildman–Crippen MR) is 87.5 cm³/mol. The summed E-state index contributed by atoms with van der Waals surface area (Å²) in [5, 5.41) is 3.40. The van der Waals surface area contributed by atoms with Gasteiger partial charge in [-0.2, -0.15) is 0 Å². The molecule has 0 saturated carbocycles. The summed E-state index contributed by atoms with van der Waals surface area (Å²) in [7, 11) is 0. The Morgan fingerprint density at radius 1 is 1.15 bits per heavy atom. The van der Waals surface area contributed by atoms with E-state index in [2.05, 4.69) is 47.2 Å². The first kappa shape index (κ1) is 15.1. The molecule has 0 aliphatic heterocycles. The van der Waals surface area contributed by atoms with Gasteiger partial charge in [0.2, 0.25) is 0 Å². The van der Waals surface area contributed by atoms with Gasteiger partial charge in [-0.05, 0) is 55.8 Å². The van der Waals surface area contributed by atoms with Gasteiger partial charge in [0.25, 0.3) is 0 Å². The van der Waals surface area contributed by atoms with Crippen LogP contribution < -0.4 is 10.1 Å². The van der Waals surface area contributed by atoms with E-state index in [-0.39, 0.29) is 0 Å². The Labute approximate surface area is 129 Å². The maximum atomic E-state index is 5.93. The molecule has 1 N–H and O–H groups in total. The minimum Gasteiger partial charge on any atom is -0.457 e. The van der Waals surface area contributed by atoms with Crippen LogP contribution in [-0.4, -0.2) is 6.54 Å². The van der Waals surface area contributed by atoms with Gasteiger partial charge in [0.15, 0.2) is 0 Å². The molecule has 0 saturated heterocycles. The van der Waals surface area contributed by atoms with E-state index in [1.165, 1.54) is 5.56 Å². The number of nitrogens with one attached hydrogen (secondary N) is 1. The molecule has 0 aliphatic carbocycles. The van der Waals surface area contributed by atoms with Gasteiger partial charge in [-0.3, -0.25) is 0 Å². The van der Waals surface area contributed by atoms with E-state index in [0.717, 1.165) is 28.1 Å². The third-order valence-corrected chi connectivity index (χ3v) is 3.76. The van der Waals surface area contributed by atoms with Crippen molar-refractivity contribution in [3.63, 3.8) is 0 Å². The molecule has 0 radical (unpaired) electrons. The largest absolute Gasteiger partial charge is 0.457 e. The summed E-state index contributed by atoms with van der Waals surface area (Å²) in [6.45, 7) is 7.29. The third kappa shape index (κ3) is 3.84. The lowest BCUT2D eigenvalue weighted by Gasteiger charge is -2.14. The van der Waals surface area contributed by atoms with Crippen molar-refractivity contribution >= 4 is 15.9 Å². The van der Waals surface area contributed by atoms with E-state index < -0.39 is 0 Å². The van der Waals surface area contributed by atoms with Crippen LogP contribution in [0.25, 0.3) is 0 Å². The van der Waals surface area contributed by atoms with Gasteiger partial charge >= 0.3 is 0 Å². The standard InChI is InChI=1S/C17H20BrNO/c1-4-19-13(3)14-6-9-16(10-7-14)20-17-11-15(18)8-5-12(17)2/h5-11,13,19H,4H2,1-3H3. The highest BCUT2D eigenvalue weighted by molar-refractivity contribution is 9.10. The van der Waals surface area contributed by atoms with Crippen LogP contribution in [0.15, 0.2) is 46.9 Å². The van der Waals surface area contributed by atoms with Crippen molar-refractivity contribution in [2.75, 3.05) is 6.54 Å². The fourth-order valence-corrected chi connectivity index (χ4v) is 2.40. The van der Waals surface area contributed by atoms with E-state index in [0.29, 0.717) is 6.04 Å². The first-order chi connectivity index (χ1) is 9.60. The van der Waals surface area contributed by atoms with Crippen LogP contribution in [0.2, 0.25) is 0 Å². The number of rotatable bonds is 5. The van der Waals surface area contributed by atoms with Crippen LogP contribution in [0.5, 0.6) is 11.5 Å². The molecule has 106 valence electrons. The van der Waals surface area contributed by atoms with Crippen LogP contribution in [0.4, 0.5) is 0 Å². The molecular formula is C17H20BrNO. The van der Waals surface area contributed by atoms with Crippen molar-refractivity contribution in [3.05, 3.63) is 58.1 Å². The second kappa shape index (κ2) is 6.91. The quantitative estimate of drug-likeness (QED) is 0.809. The Hall–Kier alpha value is -1.32. The van der Waals surface area contributed by atoms with E-state index in [1.54, 1.807) is 0 Å². The molecule has 1 unspecified atom stereocenters. The monoisotopic (exact) mass is 333 g/mol. The van der Waals surface area contributed by atoms with Crippen LogP contribution >= 0.6 is 15.9 Å². The van der Waals surface area contributed by atoms with Gasteiger partial charge in [0.05, 0.1) is 0 Å². The first-order valence-electron chi connectivity index (χ1n) is 6.87. The van der Waals surface area contributed by atoms with Crippen LogP contribution in [0.1, 0.15) is 31.0 Å². The molecule has 0 spiro atoms. The normalized spacial score (nSPS) is 12.2. The van der Waals surface area contributed by atoms with Gasteiger partial charge in [0.1, 0.15) is 11.5 Å². The molecule has 0 bridgehead atoms.